The Morgan fingerprint density at radius 3 is 2.64 bits per heavy atom. The topological polar surface area (TPSA) is 65.4 Å². The molecular formula is C20H19ClFN3O3. The zero-order valence-corrected chi connectivity index (χ0v) is 16.4. The molecule has 1 aromatic heterocycles. The molecule has 2 aromatic carbocycles. The number of aryl methyl sites for hydroxylation is 1. The van der Waals surface area contributed by atoms with Crippen LogP contribution in [0.15, 0.2) is 47.4 Å². The Morgan fingerprint density at radius 2 is 1.96 bits per heavy atom. The van der Waals surface area contributed by atoms with E-state index in [0.717, 1.165) is 11.3 Å². The van der Waals surface area contributed by atoms with E-state index in [0.29, 0.717) is 11.3 Å². The molecule has 0 radical (unpaired) electrons. The van der Waals surface area contributed by atoms with Gasteiger partial charge in [0.25, 0.3) is 0 Å². The summed E-state index contributed by atoms with van der Waals surface area (Å²) >= 11 is 5.95. The van der Waals surface area contributed by atoms with Crippen LogP contribution in [-0.4, -0.2) is 23.8 Å². The Balaban J connectivity index is 2.05. The van der Waals surface area contributed by atoms with Crippen LogP contribution in [0.1, 0.15) is 11.1 Å². The van der Waals surface area contributed by atoms with E-state index in [9.17, 15) is 9.18 Å². The molecular weight excluding hydrogens is 385 g/mol. The fourth-order valence-corrected chi connectivity index (χ4v) is 2.96. The minimum Gasteiger partial charge on any atom is -0.497 e. The summed E-state index contributed by atoms with van der Waals surface area (Å²) < 4.78 is 25.7. The molecule has 0 atom stereocenters. The highest BCUT2D eigenvalue weighted by Gasteiger charge is 2.12. The van der Waals surface area contributed by atoms with Crippen molar-refractivity contribution in [2.24, 2.45) is 0 Å². The second kappa shape index (κ2) is 8.31. The van der Waals surface area contributed by atoms with Gasteiger partial charge in [-0.2, -0.15) is 4.98 Å². The average molecular weight is 404 g/mol. The van der Waals surface area contributed by atoms with Crippen LogP contribution in [0.2, 0.25) is 5.02 Å². The number of halogens is 2. The standard InChI is InChI=1S/C20H19ClFN3O3/c1-12-4-5-16(27-2)9-17(12)23-20-24-19(26)18(28-3)11-25(20)10-13-6-14(21)8-15(22)7-13/h4-9,11H,10H2,1-3H3,(H,23,24,26). The van der Waals surface area contributed by atoms with Gasteiger partial charge in [0.05, 0.1) is 27.0 Å². The van der Waals surface area contributed by atoms with Crippen LogP contribution >= 0.6 is 11.6 Å². The first-order valence-electron chi connectivity index (χ1n) is 8.41. The predicted molar refractivity (Wildman–Crippen MR) is 107 cm³/mol. The number of benzene rings is 2. The fraction of sp³-hybridized carbons (Fsp3) is 0.200. The first kappa shape index (κ1) is 19.7. The zero-order chi connectivity index (χ0) is 20.3. The highest BCUT2D eigenvalue weighted by molar-refractivity contribution is 6.30. The number of ether oxygens (including phenoxy) is 2. The second-order valence-corrected chi connectivity index (χ2v) is 6.59. The van der Waals surface area contributed by atoms with E-state index in [4.69, 9.17) is 21.1 Å². The monoisotopic (exact) mass is 403 g/mol. The Morgan fingerprint density at radius 1 is 1.18 bits per heavy atom. The van der Waals surface area contributed by atoms with E-state index in [2.05, 4.69) is 10.3 Å². The lowest BCUT2D eigenvalue weighted by molar-refractivity contribution is 0.402. The van der Waals surface area contributed by atoms with Gasteiger partial charge in [0.15, 0.2) is 0 Å². The molecule has 0 unspecified atom stereocenters. The van der Waals surface area contributed by atoms with E-state index in [-0.39, 0.29) is 23.3 Å². The van der Waals surface area contributed by atoms with Crippen LogP contribution in [-0.2, 0) is 6.54 Å². The van der Waals surface area contributed by atoms with Gasteiger partial charge < -0.3 is 19.4 Å². The number of nitrogens with one attached hydrogen (secondary N) is 1. The molecule has 28 heavy (non-hydrogen) atoms. The van der Waals surface area contributed by atoms with Crippen LogP contribution in [0.25, 0.3) is 0 Å². The van der Waals surface area contributed by atoms with Gasteiger partial charge in [-0.25, -0.2) is 4.39 Å². The van der Waals surface area contributed by atoms with E-state index < -0.39 is 11.4 Å². The lowest BCUT2D eigenvalue weighted by atomic mass is 10.2. The zero-order valence-electron chi connectivity index (χ0n) is 15.6. The van der Waals surface area contributed by atoms with Crippen molar-refractivity contribution in [3.05, 3.63) is 74.9 Å². The maximum Gasteiger partial charge on any atom is 0.316 e. The van der Waals surface area contributed by atoms with Crippen molar-refractivity contribution in [1.29, 1.82) is 0 Å². The van der Waals surface area contributed by atoms with Gasteiger partial charge in [-0.1, -0.05) is 17.7 Å². The summed E-state index contributed by atoms with van der Waals surface area (Å²) in [5.74, 6) is 0.576. The van der Waals surface area contributed by atoms with Gasteiger partial charge in [0.1, 0.15) is 11.6 Å². The summed E-state index contributed by atoms with van der Waals surface area (Å²) in [5, 5.41) is 3.43. The summed E-state index contributed by atoms with van der Waals surface area (Å²) in [7, 11) is 2.96. The first-order chi connectivity index (χ1) is 13.4. The van der Waals surface area contributed by atoms with Crippen molar-refractivity contribution in [2.45, 2.75) is 13.5 Å². The normalized spacial score (nSPS) is 10.6. The number of methoxy groups -OCH3 is 2. The molecule has 0 saturated heterocycles. The largest absolute Gasteiger partial charge is 0.497 e. The lowest BCUT2D eigenvalue weighted by Gasteiger charge is -2.17. The summed E-state index contributed by atoms with van der Waals surface area (Å²) in [5.41, 5.74) is 1.76. The van der Waals surface area contributed by atoms with Crippen molar-refractivity contribution >= 4 is 23.2 Å². The third kappa shape index (κ3) is 4.43. The lowest BCUT2D eigenvalue weighted by Crippen LogP contribution is -2.19. The molecule has 3 rings (SSSR count). The van der Waals surface area contributed by atoms with Gasteiger partial charge in [-0.05, 0) is 42.3 Å². The molecule has 6 nitrogen and oxygen atoms in total. The Labute approximate surface area is 166 Å². The summed E-state index contributed by atoms with van der Waals surface area (Å²) in [6, 6.07) is 9.78. The third-order valence-electron chi connectivity index (χ3n) is 4.15. The van der Waals surface area contributed by atoms with Crippen molar-refractivity contribution < 1.29 is 13.9 Å². The van der Waals surface area contributed by atoms with E-state index in [1.807, 2.05) is 19.1 Å². The average Bonchev–Trinajstić information content (AvgIpc) is 2.64. The van der Waals surface area contributed by atoms with Crippen LogP contribution in [0.4, 0.5) is 16.0 Å². The van der Waals surface area contributed by atoms with Crippen molar-refractivity contribution in [3.63, 3.8) is 0 Å². The molecule has 0 aliphatic heterocycles. The Kier molecular flexibility index (Phi) is 5.84. The van der Waals surface area contributed by atoms with E-state index >= 15 is 0 Å². The molecule has 1 N–H and O–H groups in total. The highest BCUT2D eigenvalue weighted by Crippen LogP contribution is 2.25. The van der Waals surface area contributed by atoms with Crippen LogP contribution in [0, 0.1) is 12.7 Å². The van der Waals surface area contributed by atoms with Crippen molar-refractivity contribution in [3.8, 4) is 11.5 Å². The minimum absolute atomic E-state index is 0.0791. The molecule has 146 valence electrons. The molecule has 0 aliphatic rings. The van der Waals surface area contributed by atoms with Crippen LogP contribution < -0.4 is 20.3 Å². The SMILES string of the molecule is COc1ccc(C)c(Nc2nc(=O)c(OC)cn2Cc2cc(F)cc(Cl)c2)c1. The molecule has 0 saturated carbocycles. The van der Waals surface area contributed by atoms with E-state index in [1.165, 1.54) is 25.4 Å². The first-order valence-corrected chi connectivity index (χ1v) is 8.79. The van der Waals surface area contributed by atoms with Gasteiger partial charge >= 0.3 is 5.56 Å². The number of hydrogen-bond donors (Lipinski definition) is 1. The molecule has 1 heterocycles. The molecule has 0 spiro atoms. The number of anilines is 2. The van der Waals surface area contributed by atoms with E-state index in [1.54, 1.807) is 23.8 Å². The smallest absolute Gasteiger partial charge is 0.316 e. The number of rotatable bonds is 6. The van der Waals surface area contributed by atoms with Gasteiger partial charge in [0, 0.05) is 16.8 Å². The maximum atomic E-state index is 13.7. The number of aromatic nitrogens is 2. The molecule has 8 heteroatoms. The summed E-state index contributed by atoms with van der Waals surface area (Å²) in [6.45, 7) is 2.15. The third-order valence-corrected chi connectivity index (χ3v) is 4.37. The van der Waals surface area contributed by atoms with Crippen molar-refractivity contribution in [1.82, 2.24) is 9.55 Å². The fourth-order valence-electron chi connectivity index (χ4n) is 2.72. The molecule has 0 amide bonds. The quantitative estimate of drug-likeness (QED) is 0.669. The number of nitrogens with zero attached hydrogens (tertiary/aromatic N) is 2. The van der Waals surface area contributed by atoms with Gasteiger partial charge in [0.2, 0.25) is 11.7 Å². The second-order valence-electron chi connectivity index (χ2n) is 6.15. The van der Waals surface area contributed by atoms with Gasteiger partial charge in [-0.3, -0.25) is 4.79 Å². The summed E-state index contributed by atoms with van der Waals surface area (Å²) in [6.07, 6.45) is 1.52. The van der Waals surface area contributed by atoms with Crippen molar-refractivity contribution in [2.75, 3.05) is 19.5 Å². The molecule has 0 bridgehead atoms. The Hall–Kier alpha value is -3.06. The number of hydrogen-bond acceptors (Lipinski definition) is 5. The van der Waals surface area contributed by atoms with Crippen LogP contribution in [0.5, 0.6) is 11.5 Å². The highest BCUT2D eigenvalue weighted by atomic mass is 35.5. The van der Waals surface area contributed by atoms with Crippen LogP contribution in [0.3, 0.4) is 0 Å². The maximum absolute atomic E-state index is 13.7. The predicted octanol–water partition coefficient (Wildman–Crippen LogP) is 4.15. The molecule has 0 aliphatic carbocycles. The summed E-state index contributed by atoms with van der Waals surface area (Å²) in [4.78, 5) is 16.3. The molecule has 0 fully saturated rings. The molecule has 3 aromatic rings. The Bertz CT molecular complexity index is 1050. The minimum atomic E-state index is -0.515. The van der Waals surface area contributed by atoms with Gasteiger partial charge in [-0.15, -0.1) is 0 Å².